The lowest BCUT2D eigenvalue weighted by Gasteiger charge is -2.06. The Morgan fingerprint density at radius 1 is 1.12 bits per heavy atom. The van der Waals surface area contributed by atoms with E-state index in [0.29, 0.717) is 10.0 Å². The van der Waals surface area contributed by atoms with Crippen molar-refractivity contribution < 1.29 is 0 Å². The Labute approximate surface area is 109 Å². The van der Waals surface area contributed by atoms with E-state index in [2.05, 4.69) is 22.1 Å². The van der Waals surface area contributed by atoms with Gasteiger partial charge in [-0.15, -0.1) is 0 Å². The highest BCUT2D eigenvalue weighted by Gasteiger charge is 1.98. The minimum Gasteiger partial charge on any atom is -0.385 e. The fraction of sp³-hybridized carbons (Fsp3) is 0.167. The molecule has 0 fully saturated rings. The molecule has 4 heteroatoms. The third kappa shape index (κ3) is 3.41. The molecule has 84 valence electrons. The van der Waals surface area contributed by atoms with E-state index >= 15 is 0 Å². The first-order valence-electron chi connectivity index (χ1n) is 4.95. The molecule has 0 atom stereocenters. The van der Waals surface area contributed by atoms with Gasteiger partial charge in [-0.1, -0.05) is 23.2 Å². The molecule has 0 radical (unpaired) electrons. The van der Waals surface area contributed by atoms with Gasteiger partial charge in [0.1, 0.15) is 0 Å². The summed E-state index contributed by atoms with van der Waals surface area (Å²) < 4.78 is 0. The summed E-state index contributed by atoms with van der Waals surface area (Å²) in [4.78, 5) is 0. The van der Waals surface area contributed by atoms with Gasteiger partial charge in [0.05, 0.1) is 0 Å². The number of nitrogens with one attached hydrogen (secondary N) is 1. The maximum Gasteiger partial charge on any atom is 0.0441 e. The highest BCUT2D eigenvalue weighted by atomic mass is 35.5. The quantitative estimate of drug-likeness (QED) is 0.849. The zero-order valence-corrected chi connectivity index (χ0v) is 10.9. The number of halogens is 2. The number of benzene rings is 1. The van der Waals surface area contributed by atoms with Crippen molar-refractivity contribution in [3.63, 3.8) is 0 Å². The number of anilines is 1. The van der Waals surface area contributed by atoms with Gasteiger partial charge in [-0.3, -0.25) is 0 Å². The summed E-state index contributed by atoms with van der Waals surface area (Å²) in [5.41, 5.74) is 2.32. The monoisotopic (exact) mass is 271 g/mol. The molecule has 16 heavy (non-hydrogen) atoms. The average molecular weight is 272 g/mol. The van der Waals surface area contributed by atoms with Gasteiger partial charge < -0.3 is 5.32 Å². The van der Waals surface area contributed by atoms with Crippen LogP contribution in [0.5, 0.6) is 0 Å². The Kier molecular flexibility index (Phi) is 4.10. The molecule has 0 saturated heterocycles. The van der Waals surface area contributed by atoms with Crippen LogP contribution in [0.4, 0.5) is 5.69 Å². The van der Waals surface area contributed by atoms with Crippen molar-refractivity contribution in [1.29, 1.82) is 0 Å². The van der Waals surface area contributed by atoms with E-state index in [-0.39, 0.29) is 0 Å². The summed E-state index contributed by atoms with van der Waals surface area (Å²) in [6.07, 6.45) is 1.01. The van der Waals surface area contributed by atoms with Gasteiger partial charge in [-0.05, 0) is 47.0 Å². The van der Waals surface area contributed by atoms with Gasteiger partial charge in [0, 0.05) is 22.3 Å². The zero-order valence-electron chi connectivity index (χ0n) is 8.54. The summed E-state index contributed by atoms with van der Waals surface area (Å²) >= 11 is 13.5. The fourth-order valence-electron chi connectivity index (χ4n) is 1.44. The Morgan fingerprint density at radius 3 is 2.50 bits per heavy atom. The molecule has 0 aliphatic heterocycles. The van der Waals surface area contributed by atoms with Crippen LogP contribution in [0, 0.1) is 0 Å². The van der Waals surface area contributed by atoms with E-state index in [0.717, 1.165) is 18.7 Å². The normalized spacial score (nSPS) is 10.4. The molecule has 1 nitrogen and oxygen atoms in total. The highest BCUT2D eigenvalue weighted by molar-refractivity contribution is 7.07. The molecule has 1 N–H and O–H groups in total. The smallest absolute Gasteiger partial charge is 0.0441 e. The summed E-state index contributed by atoms with van der Waals surface area (Å²) in [5.74, 6) is 0. The summed E-state index contributed by atoms with van der Waals surface area (Å²) in [6, 6.07) is 7.62. The van der Waals surface area contributed by atoms with Gasteiger partial charge in [0.15, 0.2) is 0 Å². The van der Waals surface area contributed by atoms with Crippen molar-refractivity contribution in [1.82, 2.24) is 0 Å². The Hall–Kier alpha value is -0.700. The van der Waals surface area contributed by atoms with Crippen LogP contribution in [0.15, 0.2) is 35.0 Å². The lowest BCUT2D eigenvalue weighted by Crippen LogP contribution is -2.04. The van der Waals surface area contributed by atoms with Crippen LogP contribution in [0.1, 0.15) is 5.56 Å². The Bertz CT molecular complexity index is 434. The molecular formula is C12H11Cl2NS. The molecule has 2 rings (SSSR count). The van der Waals surface area contributed by atoms with E-state index in [9.17, 15) is 0 Å². The van der Waals surface area contributed by atoms with Crippen LogP contribution in [0.25, 0.3) is 0 Å². The van der Waals surface area contributed by atoms with E-state index in [4.69, 9.17) is 23.2 Å². The maximum absolute atomic E-state index is 5.91. The van der Waals surface area contributed by atoms with Gasteiger partial charge in [-0.2, -0.15) is 11.3 Å². The van der Waals surface area contributed by atoms with Crippen LogP contribution >= 0.6 is 34.5 Å². The highest BCUT2D eigenvalue weighted by Crippen LogP contribution is 2.22. The van der Waals surface area contributed by atoms with Gasteiger partial charge in [-0.25, -0.2) is 0 Å². The molecule has 0 aliphatic rings. The second-order valence-electron chi connectivity index (χ2n) is 3.47. The first-order chi connectivity index (χ1) is 7.74. The van der Waals surface area contributed by atoms with Crippen molar-refractivity contribution in [2.24, 2.45) is 0 Å². The molecule has 1 heterocycles. The van der Waals surface area contributed by atoms with Crippen LogP contribution in [0.2, 0.25) is 10.0 Å². The lowest BCUT2D eigenvalue weighted by molar-refractivity contribution is 1.03. The summed E-state index contributed by atoms with van der Waals surface area (Å²) in [6.45, 7) is 0.882. The van der Waals surface area contributed by atoms with E-state index in [1.807, 2.05) is 12.1 Å². The zero-order chi connectivity index (χ0) is 11.4. The maximum atomic E-state index is 5.91. The molecule has 0 bridgehead atoms. The third-order valence-corrected chi connectivity index (χ3v) is 3.35. The van der Waals surface area contributed by atoms with Crippen molar-refractivity contribution in [2.75, 3.05) is 11.9 Å². The molecular weight excluding hydrogens is 261 g/mol. The molecule has 0 spiro atoms. The molecule has 0 unspecified atom stereocenters. The van der Waals surface area contributed by atoms with Crippen LogP contribution < -0.4 is 5.32 Å². The second kappa shape index (κ2) is 5.58. The second-order valence-corrected chi connectivity index (χ2v) is 5.12. The number of thiophene rings is 1. The fourth-order valence-corrected chi connectivity index (χ4v) is 2.67. The van der Waals surface area contributed by atoms with Gasteiger partial charge >= 0.3 is 0 Å². The molecule has 0 amide bonds. The number of hydrogen-bond donors (Lipinski definition) is 1. The minimum absolute atomic E-state index is 0.658. The standard InChI is InChI=1S/C12H11Cl2NS/c13-10-5-11(14)7-12(6-10)15-3-1-9-2-4-16-8-9/h2,4-8,15H,1,3H2. The van der Waals surface area contributed by atoms with E-state index < -0.39 is 0 Å². The molecule has 1 aromatic carbocycles. The Morgan fingerprint density at radius 2 is 1.88 bits per heavy atom. The third-order valence-electron chi connectivity index (χ3n) is 2.19. The first kappa shape index (κ1) is 11.8. The average Bonchev–Trinajstić information content (AvgIpc) is 2.69. The molecule has 2 aromatic rings. The van der Waals surface area contributed by atoms with E-state index in [1.54, 1.807) is 17.4 Å². The SMILES string of the molecule is Clc1cc(Cl)cc(NCCc2ccsc2)c1. The first-order valence-corrected chi connectivity index (χ1v) is 6.65. The van der Waals surface area contributed by atoms with E-state index in [1.165, 1.54) is 5.56 Å². The predicted molar refractivity (Wildman–Crippen MR) is 73.0 cm³/mol. The topological polar surface area (TPSA) is 12.0 Å². The Balaban J connectivity index is 1.89. The van der Waals surface area contributed by atoms with Crippen molar-refractivity contribution in [3.05, 3.63) is 50.6 Å². The van der Waals surface area contributed by atoms with Crippen molar-refractivity contribution in [2.45, 2.75) is 6.42 Å². The number of rotatable bonds is 4. The van der Waals surface area contributed by atoms with Crippen molar-refractivity contribution >= 4 is 40.2 Å². The summed E-state index contributed by atoms with van der Waals surface area (Å²) in [7, 11) is 0. The van der Waals surface area contributed by atoms with Crippen molar-refractivity contribution in [3.8, 4) is 0 Å². The van der Waals surface area contributed by atoms with Gasteiger partial charge in [0.25, 0.3) is 0 Å². The molecule has 0 saturated carbocycles. The lowest BCUT2D eigenvalue weighted by atomic mass is 10.2. The van der Waals surface area contributed by atoms with Gasteiger partial charge in [0.2, 0.25) is 0 Å². The molecule has 0 aliphatic carbocycles. The van der Waals surface area contributed by atoms with Crippen LogP contribution in [-0.4, -0.2) is 6.54 Å². The largest absolute Gasteiger partial charge is 0.385 e. The van der Waals surface area contributed by atoms with Crippen LogP contribution in [-0.2, 0) is 6.42 Å². The minimum atomic E-state index is 0.658. The molecule has 1 aromatic heterocycles. The number of hydrogen-bond acceptors (Lipinski definition) is 2. The summed E-state index contributed by atoms with van der Waals surface area (Å²) in [5, 5.41) is 8.86. The predicted octanol–water partition coefficient (Wildman–Crippen LogP) is 4.71. The van der Waals surface area contributed by atoms with Crippen LogP contribution in [0.3, 0.4) is 0 Å².